The summed E-state index contributed by atoms with van der Waals surface area (Å²) >= 11 is 5.91. The van der Waals surface area contributed by atoms with E-state index in [-0.39, 0.29) is 0 Å². The largest absolute Gasteiger partial charge is 0.385 e. The van der Waals surface area contributed by atoms with Gasteiger partial charge in [0.2, 0.25) is 0 Å². The molecule has 3 N–H and O–H groups in total. The van der Waals surface area contributed by atoms with Gasteiger partial charge >= 0.3 is 0 Å². The Labute approximate surface area is 95.6 Å². The highest BCUT2D eigenvalue weighted by molar-refractivity contribution is 6.30. The molecular weight excluding hydrogens is 212 g/mol. The van der Waals surface area contributed by atoms with Gasteiger partial charge in [0.1, 0.15) is 0 Å². The van der Waals surface area contributed by atoms with Crippen LogP contribution in [0.15, 0.2) is 18.2 Å². The number of ether oxygens (including phenoxy) is 1. The number of hydrogen-bond donors (Lipinski definition) is 2. The van der Waals surface area contributed by atoms with Gasteiger partial charge < -0.3 is 15.8 Å². The third-order valence-electron chi connectivity index (χ3n) is 2.13. The predicted molar refractivity (Wildman–Crippen MR) is 64.3 cm³/mol. The molecule has 0 bridgehead atoms. The minimum absolute atomic E-state index is 0.518. The quantitative estimate of drug-likeness (QED) is 0.735. The molecule has 0 saturated carbocycles. The molecule has 1 rings (SSSR count). The normalized spacial score (nSPS) is 10.3. The molecule has 0 atom stereocenters. The summed E-state index contributed by atoms with van der Waals surface area (Å²) in [6.45, 7) is 2.14. The fourth-order valence-corrected chi connectivity index (χ4v) is 1.50. The number of methoxy groups -OCH3 is 1. The molecule has 0 heterocycles. The van der Waals surface area contributed by atoms with Crippen LogP contribution in [0.25, 0.3) is 0 Å². The lowest BCUT2D eigenvalue weighted by atomic mass is 10.2. The zero-order valence-electron chi connectivity index (χ0n) is 8.92. The topological polar surface area (TPSA) is 47.3 Å². The van der Waals surface area contributed by atoms with Gasteiger partial charge in [-0.15, -0.1) is 0 Å². The van der Waals surface area contributed by atoms with Crippen LogP contribution in [0.3, 0.4) is 0 Å². The first-order valence-corrected chi connectivity index (χ1v) is 5.37. The third-order valence-corrected chi connectivity index (χ3v) is 2.37. The molecule has 1 aromatic carbocycles. The standard InChI is InChI=1S/C11H17ClN2O/c1-15-6-2-5-14-11-7-10(12)4-3-9(11)8-13/h3-4,7,14H,2,5-6,8,13H2,1H3. The second-order valence-corrected chi connectivity index (χ2v) is 3.72. The highest BCUT2D eigenvalue weighted by atomic mass is 35.5. The van der Waals surface area contributed by atoms with Crippen LogP contribution >= 0.6 is 11.6 Å². The number of nitrogens with one attached hydrogen (secondary N) is 1. The molecule has 3 nitrogen and oxygen atoms in total. The van der Waals surface area contributed by atoms with Crippen molar-refractivity contribution in [3.63, 3.8) is 0 Å². The van der Waals surface area contributed by atoms with Crippen molar-refractivity contribution in [1.82, 2.24) is 0 Å². The van der Waals surface area contributed by atoms with E-state index in [0.29, 0.717) is 6.54 Å². The Morgan fingerprint density at radius 1 is 1.47 bits per heavy atom. The number of halogens is 1. The van der Waals surface area contributed by atoms with Crippen LogP contribution in [-0.2, 0) is 11.3 Å². The molecule has 0 unspecified atom stereocenters. The minimum Gasteiger partial charge on any atom is -0.385 e. The first kappa shape index (κ1) is 12.3. The summed E-state index contributed by atoms with van der Waals surface area (Å²) in [6.07, 6.45) is 0.965. The zero-order chi connectivity index (χ0) is 11.1. The van der Waals surface area contributed by atoms with E-state index in [1.807, 2.05) is 18.2 Å². The van der Waals surface area contributed by atoms with Crippen molar-refractivity contribution in [3.05, 3.63) is 28.8 Å². The fourth-order valence-electron chi connectivity index (χ4n) is 1.33. The van der Waals surface area contributed by atoms with Gasteiger partial charge in [-0.05, 0) is 24.1 Å². The SMILES string of the molecule is COCCCNc1cc(Cl)ccc1CN. The predicted octanol–water partition coefficient (Wildman–Crippen LogP) is 2.25. The molecule has 84 valence electrons. The lowest BCUT2D eigenvalue weighted by molar-refractivity contribution is 0.198. The van der Waals surface area contributed by atoms with E-state index in [0.717, 1.165) is 35.8 Å². The molecule has 0 aliphatic rings. The first-order valence-electron chi connectivity index (χ1n) is 4.99. The van der Waals surface area contributed by atoms with Gasteiger partial charge in [-0.1, -0.05) is 17.7 Å². The Bertz CT molecular complexity index is 305. The van der Waals surface area contributed by atoms with Crippen LogP contribution in [-0.4, -0.2) is 20.3 Å². The number of benzene rings is 1. The van der Waals surface area contributed by atoms with Crippen molar-refractivity contribution in [2.24, 2.45) is 5.73 Å². The zero-order valence-corrected chi connectivity index (χ0v) is 9.68. The van der Waals surface area contributed by atoms with E-state index in [1.54, 1.807) is 7.11 Å². The van der Waals surface area contributed by atoms with E-state index >= 15 is 0 Å². The highest BCUT2D eigenvalue weighted by Gasteiger charge is 2.00. The average molecular weight is 229 g/mol. The number of rotatable bonds is 6. The van der Waals surface area contributed by atoms with Crippen molar-refractivity contribution >= 4 is 17.3 Å². The lowest BCUT2D eigenvalue weighted by Gasteiger charge is -2.11. The van der Waals surface area contributed by atoms with Gasteiger partial charge in [0.15, 0.2) is 0 Å². The molecule has 0 saturated heterocycles. The van der Waals surface area contributed by atoms with E-state index in [4.69, 9.17) is 22.1 Å². The molecule has 0 spiro atoms. The van der Waals surface area contributed by atoms with E-state index in [1.165, 1.54) is 0 Å². The van der Waals surface area contributed by atoms with E-state index < -0.39 is 0 Å². The van der Waals surface area contributed by atoms with Crippen molar-refractivity contribution in [2.75, 3.05) is 25.6 Å². The average Bonchev–Trinajstić information content (AvgIpc) is 2.25. The maximum atomic E-state index is 5.91. The molecular formula is C11H17ClN2O. The Morgan fingerprint density at radius 2 is 2.27 bits per heavy atom. The maximum absolute atomic E-state index is 5.91. The van der Waals surface area contributed by atoms with Crippen molar-refractivity contribution in [2.45, 2.75) is 13.0 Å². The Kier molecular flexibility index (Phi) is 5.47. The second-order valence-electron chi connectivity index (χ2n) is 3.28. The molecule has 0 aliphatic carbocycles. The van der Waals surface area contributed by atoms with Gasteiger partial charge in [0.05, 0.1) is 0 Å². The number of hydrogen-bond acceptors (Lipinski definition) is 3. The monoisotopic (exact) mass is 228 g/mol. The summed E-state index contributed by atoms with van der Waals surface area (Å²) in [5.74, 6) is 0. The number of anilines is 1. The number of nitrogens with two attached hydrogens (primary N) is 1. The molecule has 0 aromatic heterocycles. The van der Waals surface area contributed by atoms with Crippen LogP contribution in [0.2, 0.25) is 5.02 Å². The van der Waals surface area contributed by atoms with Crippen molar-refractivity contribution < 1.29 is 4.74 Å². The fraction of sp³-hybridized carbons (Fsp3) is 0.455. The molecule has 0 amide bonds. The van der Waals surface area contributed by atoms with Crippen LogP contribution in [0.4, 0.5) is 5.69 Å². The Balaban J connectivity index is 2.54. The van der Waals surface area contributed by atoms with Crippen LogP contribution in [0.1, 0.15) is 12.0 Å². The molecule has 1 aromatic rings. The highest BCUT2D eigenvalue weighted by Crippen LogP contribution is 2.20. The van der Waals surface area contributed by atoms with Crippen molar-refractivity contribution in [3.8, 4) is 0 Å². The van der Waals surface area contributed by atoms with Gasteiger partial charge in [-0.2, -0.15) is 0 Å². The molecule has 15 heavy (non-hydrogen) atoms. The van der Waals surface area contributed by atoms with Gasteiger partial charge in [-0.3, -0.25) is 0 Å². The summed E-state index contributed by atoms with van der Waals surface area (Å²) in [7, 11) is 1.70. The van der Waals surface area contributed by atoms with E-state index in [9.17, 15) is 0 Å². The summed E-state index contributed by atoms with van der Waals surface area (Å²) < 4.78 is 4.97. The van der Waals surface area contributed by atoms with Gasteiger partial charge in [0, 0.05) is 37.5 Å². The Hall–Kier alpha value is -0.770. The second kappa shape index (κ2) is 6.67. The maximum Gasteiger partial charge on any atom is 0.0479 e. The molecule has 0 aliphatic heterocycles. The van der Waals surface area contributed by atoms with E-state index in [2.05, 4.69) is 5.32 Å². The molecule has 0 fully saturated rings. The van der Waals surface area contributed by atoms with Crippen LogP contribution in [0.5, 0.6) is 0 Å². The van der Waals surface area contributed by atoms with Crippen LogP contribution < -0.4 is 11.1 Å². The smallest absolute Gasteiger partial charge is 0.0479 e. The Morgan fingerprint density at radius 3 is 2.93 bits per heavy atom. The third kappa shape index (κ3) is 4.08. The molecule has 4 heteroatoms. The van der Waals surface area contributed by atoms with Crippen LogP contribution in [0, 0.1) is 0 Å². The summed E-state index contributed by atoms with van der Waals surface area (Å²) in [4.78, 5) is 0. The minimum atomic E-state index is 0.518. The van der Waals surface area contributed by atoms with Gasteiger partial charge in [-0.25, -0.2) is 0 Å². The summed E-state index contributed by atoms with van der Waals surface area (Å²) in [5.41, 5.74) is 7.72. The first-order chi connectivity index (χ1) is 7.27. The molecule has 0 radical (unpaired) electrons. The summed E-state index contributed by atoms with van der Waals surface area (Å²) in [6, 6.07) is 5.70. The lowest BCUT2D eigenvalue weighted by Crippen LogP contribution is -2.08. The van der Waals surface area contributed by atoms with Crippen molar-refractivity contribution in [1.29, 1.82) is 0 Å². The van der Waals surface area contributed by atoms with Gasteiger partial charge in [0.25, 0.3) is 0 Å². The summed E-state index contributed by atoms with van der Waals surface area (Å²) in [5, 5.41) is 4.02.